The van der Waals surface area contributed by atoms with Crippen LogP contribution in [0, 0.1) is 16.6 Å². The Bertz CT molecular complexity index is 1210. The van der Waals surface area contributed by atoms with E-state index in [0.717, 1.165) is 23.7 Å². The molecular formula is C22H28N4O3S. The largest absolute Gasteiger partial charge is 0.497 e. The number of hydrogen-bond acceptors (Lipinski definition) is 4. The van der Waals surface area contributed by atoms with E-state index in [2.05, 4.69) is 29.1 Å². The number of nitrogens with one attached hydrogen (secondary N) is 3. The maximum Gasteiger partial charge on any atom is 0.278 e. The van der Waals surface area contributed by atoms with Crippen molar-refractivity contribution in [3.05, 3.63) is 33.3 Å². The quantitative estimate of drug-likeness (QED) is 0.538. The SMILES string of the molecule is COc1ccc2[nH]c3c(=O)n(CCC(=O)N[C@@H]4CCC[C@H](C)[C@@H]4C)c(=S)[nH]c3c2c1. The van der Waals surface area contributed by atoms with Crippen LogP contribution in [0.5, 0.6) is 5.75 Å². The van der Waals surface area contributed by atoms with Crippen molar-refractivity contribution in [2.45, 2.75) is 52.1 Å². The highest BCUT2D eigenvalue weighted by atomic mass is 32.1. The summed E-state index contributed by atoms with van der Waals surface area (Å²) in [6.07, 6.45) is 3.59. The van der Waals surface area contributed by atoms with Gasteiger partial charge in [0, 0.05) is 29.9 Å². The molecule has 7 nitrogen and oxygen atoms in total. The van der Waals surface area contributed by atoms with Crippen LogP contribution in [-0.2, 0) is 11.3 Å². The monoisotopic (exact) mass is 428 g/mol. The molecule has 30 heavy (non-hydrogen) atoms. The Kier molecular flexibility index (Phi) is 5.69. The number of carbonyl (C=O) groups is 1. The molecule has 0 unspecified atom stereocenters. The summed E-state index contributed by atoms with van der Waals surface area (Å²) in [7, 11) is 1.60. The maximum atomic E-state index is 13.1. The van der Waals surface area contributed by atoms with Crippen molar-refractivity contribution in [1.82, 2.24) is 19.9 Å². The molecule has 0 saturated heterocycles. The smallest absolute Gasteiger partial charge is 0.278 e. The number of hydrogen-bond donors (Lipinski definition) is 3. The lowest BCUT2D eigenvalue weighted by Gasteiger charge is -2.34. The lowest BCUT2D eigenvalue weighted by molar-refractivity contribution is -0.122. The van der Waals surface area contributed by atoms with Gasteiger partial charge in [-0.1, -0.05) is 26.7 Å². The van der Waals surface area contributed by atoms with Crippen LogP contribution in [0.1, 0.15) is 39.5 Å². The van der Waals surface area contributed by atoms with Gasteiger partial charge in [0.15, 0.2) is 4.77 Å². The van der Waals surface area contributed by atoms with Crippen LogP contribution in [0.4, 0.5) is 0 Å². The molecule has 8 heteroatoms. The Morgan fingerprint density at radius 2 is 2.07 bits per heavy atom. The number of nitrogens with zero attached hydrogens (tertiary/aromatic N) is 1. The summed E-state index contributed by atoms with van der Waals surface area (Å²) < 4.78 is 7.05. The number of methoxy groups -OCH3 is 1. The van der Waals surface area contributed by atoms with Gasteiger partial charge in [0.25, 0.3) is 5.56 Å². The molecule has 1 aliphatic rings. The highest BCUT2D eigenvalue weighted by molar-refractivity contribution is 7.71. The molecule has 2 heterocycles. The van der Waals surface area contributed by atoms with Gasteiger partial charge >= 0.3 is 0 Å². The molecule has 3 N–H and O–H groups in total. The van der Waals surface area contributed by atoms with Gasteiger partial charge < -0.3 is 20.0 Å². The fraction of sp³-hybridized carbons (Fsp3) is 0.500. The summed E-state index contributed by atoms with van der Waals surface area (Å²) in [5.41, 5.74) is 1.70. The highest BCUT2D eigenvalue weighted by Crippen LogP contribution is 2.29. The first-order chi connectivity index (χ1) is 14.4. The van der Waals surface area contributed by atoms with Crippen LogP contribution in [-0.4, -0.2) is 33.6 Å². The van der Waals surface area contributed by atoms with Crippen LogP contribution in [0.3, 0.4) is 0 Å². The number of aromatic amines is 2. The summed E-state index contributed by atoms with van der Waals surface area (Å²) in [6.45, 7) is 4.69. The molecule has 1 saturated carbocycles. The van der Waals surface area contributed by atoms with Crippen molar-refractivity contribution in [3.63, 3.8) is 0 Å². The third kappa shape index (κ3) is 3.76. The second-order valence-electron chi connectivity index (χ2n) is 8.36. The lowest BCUT2D eigenvalue weighted by atomic mass is 9.78. The van der Waals surface area contributed by atoms with E-state index in [1.165, 1.54) is 11.0 Å². The van der Waals surface area contributed by atoms with E-state index in [4.69, 9.17) is 17.0 Å². The second-order valence-corrected chi connectivity index (χ2v) is 8.75. The van der Waals surface area contributed by atoms with Gasteiger partial charge in [0.2, 0.25) is 5.91 Å². The summed E-state index contributed by atoms with van der Waals surface area (Å²) in [5.74, 6) is 1.75. The van der Waals surface area contributed by atoms with Gasteiger partial charge in [-0.3, -0.25) is 14.2 Å². The Hall–Kier alpha value is -2.61. The van der Waals surface area contributed by atoms with Crippen molar-refractivity contribution in [2.75, 3.05) is 7.11 Å². The number of benzene rings is 1. The van der Waals surface area contributed by atoms with E-state index >= 15 is 0 Å². The average molecular weight is 429 g/mol. The van der Waals surface area contributed by atoms with Gasteiger partial charge in [0.05, 0.1) is 12.6 Å². The number of carbonyl (C=O) groups excluding carboxylic acids is 1. The molecule has 1 aliphatic carbocycles. The summed E-state index contributed by atoms with van der Waals surface area (Å²) in [5, 5.41) is 4.00. The molecule has 0 aliphatic heterocycles. The summed E-state index contributed by atoms with van der Waals surface area (Å²) >= 11 is 5.44. The van der Waals surface area contributed by atoms with Crippen molar-refractivity contribution in [2.24, 2.45) is 11.8 Å². The first-order valence-corrected chi connectivity index (χ1v) is 10.9. The average Bonchev–Trinajstić information content (AvgIpc) is 3.09. The Morgan fingerprint density at radius 1 is 1.27 bits per heavy atom. The molecule has 0 bridgehead atoms. The zero-order valence-electron chi connectivity index (χ0n) is 17.6. The van der Waals surface area contributed by atoms with Gasteiger partial charge in [-0.05, 0) is 48.7 Å². The van der Waals surface area contributed by atoms with Gasteiger partial charge in [0.1, 0.15) is 11.3 Å². The van der Waals surface area contributed by atoms with Crippen molar-refractivity contribution in [3.8, 4) is 5.75 Å². The Labute approximate surface area is 179 Å². The number of rotatable bonds is 5. The highest BCUT2D eigenvalue weighted by Gasteiger charge is 2.28. The molecular weight excluding hydrogens is 400 g/mol. The lowest BCUT2D eigenvalue weighted by Crippen LogP contribution is -2.44. The molecule has 3 aromatic rings. The third-order valence-electron chi connectivity index (χ3n) is 6.56. The van der Waals surface area contributed by atoms with Crippen LogP contribution in [0.15, 0.2) is 23.0 Å². The standard InChI is InChI=1S/C22H28N4O3S/c1-12-5-4-6-16(13(12)2)23-18(27)9-10-26-21(28)20-19(25-22(26)30)15-11-14(29-3)7-8-17(15)24-20/h7-8,11-13,16,24H,4-6,9-10H2,1-3H3,(H,23,27)(H,25,30)/t12-,13-,16+/m0/s1. The fourth-order valence-corrected chi connectivity index (χ4v) is 4.75. The molecule has 2 aromatic heterocycles. The first-order valence-electron chi connectivity index (χ1n) is 10.5. The van der Waals surface area contributed by atoms with E-state index in [1.807, 2.05) is 18.2 Å². The topological polar surface area (TPSA) is 91.9 Å². The van der Waals surface area contributed by atoms with E-state index in [1.54, 1.807) is 7.11 Å². The van der Waals surface area contributed by atoms with Crippen molar-refractivity contribution >= 4 is 40.1 Å². The Balaban J connectivity index is 1.56. The van der Waals surface area contributed by atoms with Gasteiger partial charge in [-0.2, -0.15) is 0 Å². The minimum atomic E-state index is -0.226. The molecule has 1 aromatic carbocycles. The molecule has 0 radical (unpaired) electrons. The number of aromatic nitrogens is 3. The minimum absolute atomic E-state index is 0.0382. The first kappa shape index (κ1) is 20.7. The van der Waals surface area contributed by atoms with Crippen LogP contribution in [0.2, 0.25) is 0 Å². The summed E-state index contributed by atoms with van der Waals surface area (Å²) in [6, 6.07) is 5.78. The molecule has 3 atom stereocenters. The predicted molar refractivity (Wildman–Crippen MR) is 121 cm³/mol. The van der Waals surface area contributed by atoms with Crippen molar-refractivity contribution < 1.29 is 9.53 Å². The zero-order chi connectivity index (χ0) is 21.4. The third-order valence-corrected chi connectivity index (χ3v) is 6.88. The fourth-order valence-electron chi connectivity index (χ4n) is 4.47. The number of fused-ring (bicyclic) bond motifs is 3. The molecule has 1 fully saturated rings. The molecule has 0 spiro atoms. The molecule has 4 rings (SSSR count). The normalized spacial score (nSPS) is 21.8. The predicted octanol–water partition coefficient (Wildman–Crippen LogP) is 3.88. The van der Waals surface area contributed by atoms with Crippen molar-refractivity contribution in [1.29, 1.82) is 0 Å². The Morgan fingerprint density at radius 3 is 2.83 bits per heavy atom. The van der Waals surface area contributed by atoms with E-state index in [9.17, 15) is 9.59 Å². The molecule has 1 amide bonds. The number of H-pyrrole nitrogens is 2. The van der Waals surface area contributed by atoms with E-state index < -0.39 is 0 Å². The van der Waals surface area contributed by atoms with Gasteiger partial charge in [-0.25, -0.2) is 0 Å². The van der Waals surface area contributed by atoms with E-state index in [-0.39, 0.29) is 30.5 Å². The maximum absolute atomic E-state index is 13.1. The zero-order valence-corrected chi connectivity index (χ0v) is 18.4. The molecule has 160 valence electrons. The second kappa shape index (κ2) is 8.26. The number of amides is 1. The van der Waals surface area contributed by atoms with Crippen LogP contribution < -0.4 is 15.6 Å². The minimum Gasteiger partial charge on any atom is -0.497 e. The van der Waals surface area contributed by atoms with Crippen LogP contribution >= 0.6 is 12.2 Å². The van der Waals surface area contributed by atoms with Gasteiger partial charge in [-0.15, -0.1) is 0 Å². The van der Waals surface area contributed by atoms with Crippen LogP contribution in [0.25, 0.3) is 21.9 Å². The number of ether oxygens (including phenoxy) is 1. The summed E-state index contributed by atoms with van der Waals surface area (Å²) in [4.78, 5) is 31.9. The van der Waals surface area contributed by atoms with E-state index in [0.29, 0.717) is 33.4 Å².